The predicted molar refractivity (Wildman–Crippen MR) is 115 cm³/mol. The molecular formula is C23H28BClO2. The molecule has 1 heterocycles. The van der Waals surface area contributed by atoms with E-state index >= 15 is 0 Å². The third kappa shape index (κ3) is 4.66. The summed E-state index contributed by atoms with van der Waals surface area (Å²) in [5.41, 5.74) is 3.04. The Labute approximate surface area is 168 Å². The summed E-state index contributed by atoms with van der Waals surface area (Å²) in [7, 11) is -0.240. The van der Waals surface area contributed by atoms with Gasteiger partial charge in [-0.15, -0.1) is 0 Å². The highest BCUT2D eigenvalue weighted by Crippen LogP contribution is 2.40. The Morgan fingerprint density at radius 1 is 0.963 bits per heavy atom. The Kier molecular flexibility index (Phi) is 5.86. The average Bonchev–Trinajstić information content (AvgIpc) is 2.82. The van der Waals surface area contributed by atoms with Gasteiger partial charge in [0.1, 0.15) is 0 Å². The van der Waals surface area contributed by atoms with Crippen molar-refractivity contribution in [3.8, 4) is 0 Å². The number of hydrogen-bond acceptors (Lipinski definition) is 2. The fourth-order valence-corrected chi connectivity index (χ4v) is 3.50. The molecule has 1 aliphatic heterocycles. The lowest BCUT2D eigenvalue weighted by Gasteiger charge is -2.32. The molecule has 1 saturated heterocycles. The minimum Gasteiger partial charge on any atom is -0.403 e. The van der Waals surface area contributed by atoms with Gasteiger partial charge in [-0.25, -0.2) is 0 Å². The second-order valence-corrected chi connectivity index (χ2v) is 8.73. The van der Waals surface area contributed by atoms with Gasteiger partial charge in [-0.2, -0.15) is 0 Å². The maximum absolute atomic E-state index is 6.25. The van der Waals surface area contributed by atoms with Crippen LogP contribution in [0.4, 0.5) is 0 Å². The van der Waals surface area contributed by atoms with Crippen molar-refractivity contribution in [2.45, 2.75) is 58.1 Å². The van der Waals surface area contributed by atoms with Crippen molar-refractivity contribution in [2.24, 2.45) is 0 Å². The van der Waals surface area contributed by atoms with Gasteiger partial charge >= 0.3 is 7.12 Å². The van der Waals surface area contributed by atoms with Gasteiger partial charge < -0.3 is 9.31 Å². The maximum atomic E-state index is 6.25. The first-order valence-electron chi connectivity index (χ1n) is 9.53. The van der Waals surface area contributed by atoms with E-state index in [0.717, 1.165) is 11.3 Å². The van der Waals surface area contributed by atoms with Gasteiger partial charge in [0.15, 0.2) is 0 Å². The van der Waals surface area contributed by atoms with Crippen molar-refractivity contribution < 1.29 is 9.31 Å². The van der Waals surface area contributed by atoms with Gasteiger partial charge in [0.05, 0.1) is 11.2 Å². The molecule has 0 N–H and O–H groups in total. The summed E-state index contributed by atoms with van der Waals surface area (Å²) in [6, 6.07) is 18.5. The predicted octanol–water partition coefficient (Wildman–Crippen LogP) is 6.62. The number of hydrogen-bond donors (Lipinski definition) is 0. The van der Waals surface area contributed by atoms with Crippen LogP contribution in [-0.4, -0.2) is 18.3 Å². The zero-order valence-electron chi connectivity index (χ0n) is 16.8. The molecule has 1 aliphatic rings. The Morgan fingerprint density at radius 2 is 1.52 bits per heavy atom. The highest BCUT2D eigenvalue weighted by Gasteiger charge is 2.51. The fourth-order valence-electron chi connectivity index (χ4n) is 3.38. The minimum atomic E-state index is -0.319. The third-order valence-electron chi connectivity index (χ3n) is 5.73. The Morgan fingerprint density at radius 3 is 2.07 bits per heavy atom. The van der Waals surface area contributed by atoms with Gasteiger partial charge in [-0.05, 0) is 69.8 Å². The molecule has 3 rings (SSSR count). The molecule has 0 saturated carbocycles. The molecule has 4 heteroatoms. The van der Waals surface area contributed by atoms with Crippen molar-refractivity contribution in [3.63, 3.8) is 0 Å². The standard InChI is InChI=1S/C23H28BClO2/c1-17(18-9-7-6-8-10-18)15-20(19-11-13-21(25)14-12-19)16-24-26-22(2,3)23(4,5)27-24/h6-15,20H,16H2,1-5H3/b17-15+. The third-order valence-corrected chi connectivity index (χ3v) is 5.98. The summed E-state index contributed by atoms with van der Waals surface area (Å²) < 4.78 is 12.5. The molecule has 0 amide bonds. The van der Waals surface area contributed by atoms with E-state index in [1.807, 2.05) is 18.2 Å². The van der Waals surface area contributed by atoms with Crippen LogP contribution in [0.1, 0.15) is 51.7 Å². The number of allylic oxidation sites excluding steroid dienone is 2. The summed E-state index contributed by atoms with van der Waals surface area (Å²) in [6.45, 7) is 10.5. The van der Waals surface area contributed by atoms with Crippen LogP contribution in [0.5, 0.6) is 0 Å². The van der Waals surface area contributed by atoms with Crippen molar-refractivity contribution >= 4 is 24.3 Å². The van der Waals surface area contributed by atoms with Crippen LogP contribution in [-0.2, 0) is 9.31 Å². The van der Waals surface area contributed by atoms with E-state index in [9.17, 15) is 0 Å². The SMILES string of the molecule is C/C(=C\C(CB1OC(C)(C)C(C)(C)O1)c1ccc(Cl)cc1)c1ccccc1. The molecule has 0 bridgehead atoms. The van der Waals surface area contributed by atoms with Crippen molar-refractivity contribution in [1.82, 2.24) is 0 Å². The minimum absolute atomic E-state index is 0.178. The molecule has 2 nitrogen and oxygen atoms in total. The van der Waals surface area contributed by atoms with E-state index in [2.05, 4.69) is 77.1 Å². The first-order chi connectivity index (χ1) is 12.7. The average molecular weight is 383 g/mol. The molecule has 27 heavy (non-hydrogen) atoms. The maximum Gasteiger partial charge on any atom is 0.458 e. The lowest BCUT2D eigenvalue weighted by atomic mass is 9.74. The van der Waals surface area contributed by atoms with Crippen LogP contribution in [0.2, 0.25) is 11.3 Å². The molecule has 0 spiro atoms. The molecule has 2 aromatic carbocycles. The first kappa shape index (κ1) is 20.2. The summed E-state index contributed by atoms with van der Waals surface area (Å²) in [4.78, 5) is 0. The summed E-state index contributed by atoms with van der Waals surface area (Å²) in [5, 5.41) is 0.747. The molecule has 0 radical (unpaired) electrons. The molecule has 0 aromatic heterocycles. The van der Waals surface area contributed by atoms with E-state index in [-0.39, 0.29) is 24.2 Å². The number of benzene rings is 2. The van der Waals surface area contributed by atoms with E-state index in [4.69, 9.17) is 20.9 Å². The van der Waals surface area contributed by atoms with Gasteiger partial charge in [-0.3, -0.25) is 0 Å². The Balaban J connectivity index is 1.88. The topological polar surface area (TPSA) is 18.5 Å². The van der Waals surface area contributed by atoms with Crippen LogP contribution in [0.15, 0.2) is 60.7 Å². The molecule has 1 atom stereocenters. The van der Waals surface area contributed by atoms with Crippen LogP contribution < -0.4 is 0 Å². The van der Waals surface area contributed by atoms with E-state index in [1.165, 1.54) is 16.7 Å². The van der Waals surface area contributed by atoms with Crippen LogP contribution >= 0.6 is 11.6 Å². The number of halogens is 1. The lowest BCUT2D eigenvalue weighted by Crippen LogP contribution is -2.41. The van der Waals surface area contributed by atoms with Crippen molar-refractivity contribution in [1.29, 1.82) is 0 Å². The van der Waals surface area contributed by atoms with Crippen molar-refractivity contribution in [3.05, 3.63) is 76.8 Å². The van der Waals surface area contributed by atoms with Crippen molar-refractivity contribution in [2.75, 3.05) is 0 Å². The molecule has 0 aliphatic carbocycles. The summed E-state index contributed by atoms with van der Waals surface area (Å²) in [6.07, 6.45) is 3.07. The molecular weight excluding hydrogens is 355 g/mol. The first-order valence-corrected chi connectivity index (χ1v) is 9.91. The normalized spacial score (nSPS) is 19.9. The van der Waals surface area contributed by atoms with Gasteiger partial charge in [0.25, 0.3) is 0 Å². The highest BCUT2D eigenvalue weighted by atomic mass is 35.5. The quantitative estimate of drug-likeness (QED) is 0.541. The monoisotopic (exact) mass is 382 g/mol. The smallest absolute Gasteiger partial charge is 0.403 e. The van der Waals surface area contributed by atoms with Gasteiger partial charge in [0.2, 0.25) is 0 Å². The Hall–Kier alpha value is -1.55. The van der Waals surface area contributed by atoms with Gasteiger partial charge in [-0.1, -0.05) is 60.1 Å². The molecule has 2 aromatic rings. The zero-order valence-corrected chi connectivity index (χ0v) is 17.6. The molecule has 1 unspecified atom stereocenters. The summed E-state index contributed by atoms with van der Waals surface area (Å²) >= 11 is 6.10. The van der Waals surface area contributed by atoms with Crippen LogP contribution in [0.25, 0.3) is 5.57 Å². The number of rotatable bonds is 5. The van der Waals surface area contributed by atoms with Crippen LogP contribution in [0.3, 0.4) is 0 Å². The van der Waals surface area contributed by atoms with Crippen LogP contribution in [0, 0.1) is 0 Å². The Bertz CT molecular complexity index is 781. The second-order valence-electron chi connectivity index (χ2n) is 8.30. The van der Waals surface area contributed by atoms with E-state index in [0.29, 0.717) is 0 Å². The largest absolute Gasteiger partial charge is 0.458 e. The van der Waals surface area contributed by atoms with Gasteiger partial charge in [0, 0.05) is 10.9 Å². The molecule has 142 valence electrons. The van der Waals surface area contributed by atoms with E-state index in [1.54, 1.807) is 0 Å². The second kappa shape index (κ2) is 7.83. The molecule has 1 fully saturated rings. The summed E-state index contributed by atoms with van der Waals surface area (Å²) in [5.74, 6) is 0.178. The zero-order chi connectivity index (χ0) is 19.7. The lowest BCUT2D eigenvalue weighted by molar-refractivity contribution is 0.00578. The van der Waals surface area contributed by atoms with E-state index < -0.39 is 0 Å². The fraction of sp³-hybridized carbons (Fsp3) is 0.391. The highest BCUT2D eigenvalue weighted by molar-refractivity contribution is 6.45.